The van der Waals surface area contributed by atoms with Crippen molar-refractivity contribution in [3.05, 3.63) is 35.4 Å². The normalized spacial score (nSPS) is 13.2. The van der Waals surface area contributed by atoms with Gasteiger partial charge in [-0.25, -0.2) is 0 Å². The van der Waals surface area contributed by atoms with Crippen LogP contribution in [0.5, 0.6) is 0 Å². The molecule has 0 spiro atoms. The second-order valence-corrected chi connectivity index (χ2v) is 4.29. The highest BCUT2D eigenvalue weighted by Crippen LogP contribution is 2.30. The van der Waals surface area contributed by atoms with Gasteiger partial charge in [-0.2, -0.15) is 18.4 Å². The molecule has 0 aliphatic rings. The first-order valence-corrected chi connectivity index (χ1v) is 5.38. The summed E-state index contributed by atoms with van der Waals surface area (Å²) in [6, 6.07) is 5.98. The predicted molar refractivity (Wildman–Crippen MR) is 59.7 cm³/mol. The number of hydrogen-bond donors (Lipinski definition) is 0. The van der Waals surface area contributed by atoms with Crippen LogP contribution in [0.2, 0.25) is 0 Å². The quantitative estimate of drug-likeness (QED) is 0.773. The van der Waals surface area contributed by atoms with Crippen LogP contribution in [-0.2, 0) is 6.18 Å². The fourth-order valence-corrected chi connectivity index (χ4v) is 1.54. The Morgan fingerprint density at radius 3 is 2.39 bits per heavy atom. The zero-order valence-corrected chi connectivity index (χ0v) is 9.95. The zero-order valence-electron chi connectivity index (χ0n) is 9.95. The van der Waals surface area contributed by atoms with Crippen molar-refractivity contribution in [3.8, 4) is 6.07 Å². The minimum Gasteiger partial charge on any atom is -0.293 e. The summed E-state index contributed by atoms with van der Waals surface area (Å²) >= 11 is 0. The molecule has 0 aliphatic heterocycles. The van der Waals surface area contributed by atoms with E-state index in [-0.39, 0.29) is 11.5 Å². The van der Waals surface area contributed by atoms with E-state index in [2.05, 4.69) is 0 Å². The van der Waals surface area contributed by atoms with Crippen molar-refractivity contribution in [2.24, 2.45) is 11.8 Å². The lowest BCUT2D eigenvalue weighted by molar-refractivity contribution is -0.137. The molecule has 1 aromatic carbocycles. The molecule has 1 unspecified atom stereocenters. The first-order chi connectivity index (χ1) is 8.27. The SMILES string of the molecule is CC(C)C(C#N)C(=O)c1cccc(C(F)(F)F)c1. The van der Waals surface area contributed by atoms with Crippen LogP contribution in [0, 0.1) is 23.2 Å². The van der Waals surface area contributed by atoms with Gasteiger partial charge in [0.2, 0.25) is 0 Å². The molecule has 1 rings (SSSR count). The van der Waals surface area contributed by atoms with Crippen LogP contribution in [0.1, 0.15) is 29.8 Å². The van der Waals surface area contributed by atoms with E-state index in [9.17, 15) is 18.0 Å². The Kier molecular flexibility index (Phi) is 4.12. The zero-order chi connectivity index (χ0) is 13.9. The fraction of sp³-hybridized carbons (Fsp3) is 0.385. The van der Waals surface area contributed by atoms with Crippen LogP contribution in [0.3, 0.4) is 0 Å². The number of hydrogen-bond acceptors (Lipinski definition) is 2. The molecule has 18 heavy (non-hydrogen) atoms. The molecule has 0 aromatic heterocycles. The third-order valence-electron chi connectivity index (χ3n) is 2.56. The van der Waals surface area contributed by atoms with E-state index in [0.717, 1.165) is 12.1 Å². The van der Waals surface area contributed by atoms with Crippen molar-refractivity contribution in [1.82, 2.24) is 0 Å². The summed E-state index contributed by atoms with van der Waals surface area (Å²) in [5.41, 5.74) is -0.959. The minimum atomic E-state index is -4.49. The smallest absolute Gasteiger partial charge is 0.293 e. The molecule has 0 radical (unpaired) electrons. The Labute approximate surface area is 103 Å². The number of carbonyl (C=O) groups is 1. The van der Waals surface area contributed by atoms with Gasteiger partial charge in [-0.1, -0.05) is 26.0 Å². The van der Waals surface area contributed by atoms with Gasteiger partial charge in [0.1, 0.15) is 5.92 Å². The highest BCUT2D eigenvalue weighted by atomic mass is 19.4. The van der Waals surface area contributed by atoms with E-state index in [1.54, 1.807) is 13.8 Å². The predicted octanol–water partition coefficient (Wildman–Crippen LogP) is 3.68. The number of ketones is 1. The summed E-state index contributed by atoms with van der Waals surface area (Å²) in [5.74, 6) is -1.73. The standard InChI is InChI=1S/C13H12F3NO/c1-8(2)11(7-17)12(18)9-4-3-5-10(6-9)13(14,15)16/h3-6,8,11H,1-2H3. The Morgan fingerprint density at radius 1 is 1.33 bits per heavy atom. The van der Waals surface area contributed by atoms with Crippen molar-refractivity contribution < 1.29 is 18.0 Å². The Balaban J connectivity index is 3.12. The number of rotatable bonds is 3. The molecule has 2 nitrogen and oxygen atoms in total. The number of nitriles is 1. The van der Waals surface area contributed by atoms with Gasteiger partial charge in [-0.3, -0.25) is 4.79 Å². The lowest BCUT2D eigenvalue weighted by atomic mass is 9.89. The maximum Gasteiger partial charge on any atom is 0.416 e. The number of alkyl halides is 3. The highest BCUT2D eigenvalue weighted by Gasteiger charge is 2.32. The molecule has 5 heteroatoms. The Bertz CT molecular complexity index is 486. The highest BCUT2D eigenvalue weighted by molar-refractivity contribution is 5.99. The summed E-state index contributed by atoms with van der Waals surface area (Å²) in [6.45, 7) is 3.36. The molecular formula is C13H12F3NO. The maximum atomic E-state index is 12.5. The molecule has 0 saturated carbocycles. The Morgan fingerprint density at radius 2 is 1.94 bits per heavy atom. The van der Waals surface area contributed by atoms with Crippen molar-refractivity contribution in [2.45, 2.75) is 20.0 Å². The topological polar surface area (TPSA) is 40.9 Å². The van der Waals surface area contributed by atoms with Gasteiger partial charge in [0, 0.05) is 5.56 Å². The molecule has 0 fully saturated rings. The molecule has 0 N–H and O–H groups in total. The molecule has 96 valence electrons. The first-order valence-electron chi connectivity index (χ1n) is 5.38. The molecule has 0 aliphatic carbocycles. The largest absolute Gasteiger partial charge is 0.416 e. The second-order valence-electron chi connectivity index (χ2n) is 4.29. The van der Waals surface area contributed by atoms with E-state index in [1.807, 2.05) is 6.07 Å². The average Bonchev–Trinajstić information content (AvgIpc) is 2.28. The lowest BCUT2D eigenvalue weighted by Crippen LogP contribution is -2.19. The van der Waals surface area contributed by atoms with Crippen LogP contribution in [0.4, 0.5) is 13.2 Å². The molecule has 0 bridgehead atoms. The van der Waals surface area contributed by atoms with Crippen molar-refractivity contribution in [3.63, 3.8) is 0 Å². The third-order valence-corrected chi connectivity index (χ3v) is 2.56. The van der Waals surface area contributed by atoms with Gasteiger partial charge < -0.3 is 0 Å². The number of benzene rings is 1. The summed E-state index contributed by atoms with van der Waals surface area (Å²) in [4.78, 5) is 11.9. The van der Waals surface area contributed by atoms with Gasteiger partial charge in [-0.05, 0) is 18.1 Å². The van der Waals surface area contributed by atoms with Gasteiger partial charge in [0.25, 0.3) is 0 Å². The number of halogens is 3. The van der Waals surface area contributed by atoms with Gasteiger partial charge in [-0.15, -0.1) is 0 Å². The third kappa shape index (κ3) is 3.10. The summed E-state index contributed by atoms with van der Waals surface area (Å²) < 4.78 is 37.5. The molecule has 1 aromatic rings. The van der Waals surface area contributed by atoms with E-state index in [4.69, 9.17) is 5.26 Å². The van der Waals surface area contributed by atoms with Gasteiger partial charge in [0.15, 0.2) is 5.78 Å². The fourth-order valence-electron chi connectivity index (χ4n) is 1.54. The Hall–Kier alpha value is -1.83. The first kappa shape index (κ1) is 14.2. The molecule has 0 saturated heterocycles. The molecule has 0 heterocycles. The van der Waals surface area contributed by atoms with Gasteiger partial charge in [0.05, 0.1) is 11.6 Å². The summed E-state index contributed by atoms with van der Waals surface area (Å²) in [6.07, 6.45) is -4.49. The van der Waals surface area contributed by atoms with Crippen LogP contribution in [0.15, 0.2) is 24.3 Å². The van der Waals surface area contributed by atoms with E-state index in [1.165, 1.54) is 12.1 Å². The summed E-state index contributed by atoms with van der Waals surface area (Å²) in [7, 11) is 0. The second kappa shape index (κ2) is 5.21. The van der Waals surface area contributed by atoms with E-state index < -0.39 is 23.4 Å². The van der Waals surface area contributed by atoms with E-state index in [0.29, 0.717) is 0 Å². The molecule has 1 atom stereocenters. The average molecular weight is 255 g/mol. The molecular weight excluding hydrogens is 243 g/mol. The molecule has 0 amide bonds. The summed E-state index contributed by atoms with van der Waals surface area (Å²) in [5, 5.41) is 8.86. The van der Waals surface area contributed by atoms with Gasteiger partial charge >= 0.3 is 6.18 Å². The minimum absolute atomic E-state index is 0.0786. The van der Waals surface area contributed by atoms with Crippen LogP contribution >= 0.6 is 0 Å². The maximum absolute atomic E-state index is 12.5. The van der Waals surface area contributed by atoms with Crippen LogP contribution < -0.4 is 0 Å². The monoisotopic (exact) mass is 255 g/mol. The van der Waals surface area contributed by atoms with Crippen molar-refractivity contribution >= 4 is 5.78 Å². The lowest BCUT2D eigenvalue weighted by Gasteiger charge is -2.13. The number of Topliss-reactive ketones (excluding diaryl/α,β-unsaturated/α-hetero) is 1. The number of nitrogens with zero attached hydrogens (tertiary/aromatic N) is 1. The van der Waals surface area contributed by atoms with Crippen molar-refractivity contribution in [1.29, 1.82) is 5.26 Å². The van der Waals surface area contributed by atoms with Crippen LogP contribution in [0.25, 0.3) is 0 Å². The number of carbonyl (C=O) groups excluding carboxylic acids is 1. The van der Waals surface area contributed by atoms with E-state index >= 15 is 0 Å². The van der Waals surface area contributed by atoms with Crippen LogP contribution in [-0.4, -0.2) is 5.78 Å². The van der Waals surface area contributed by atoms with Crippen molar-refractivity contribution in [2.75, 3.05) is 0 Å².